The second kappa shape index (κ2) is 14.0. The highest BCUT2D eigenvalue weighted by atomic mass is 32.2. The summed E-state index contributed by atoms with van der Waals surface area (Å²) in [5.41, 5.74) is 7.10. The number of carboxylic acid groups (broad SMARTS) is 1. The molecule has 0 spiro atoms. The number of aliphatic carboxylic acids is 1. The molecule has 0 saturated carbocycles. The second-order valence-corrected chi connectivity index (χ2v) is 8.76. The molecule has 190 valence electrons. The number of aromatic amines is 1. The van der Waals surface area contributed by atoms with Gasteiger partial charge in [0.1, 0.15) is 17.8 Å². The normalized spacial score (nSPS) is 13.3. The van der Waals surface area contributed by atoms with Crippen molar-refractivity contribution in [1.82, 2.24) is 25.9 Å². The van der Waals surface area contributed by atoms with Gasteiger partial charge in [-0.15, -0.1) is 0 Å². The van der Waals surface area contributed by atoms with Crippen LogP contribution in [0.15, 0.2) is 36.8 Å². The summed E-state index contributed by atoms with van der Waals surface area (Å²) in [7, 11) is 0. The zero-order valence-corrected chi connectivity index (χ0v) is 20.0. The molecule has 1 aromatic heterocycles. The summed E-state index contributed by atoms with van der Waals surface area (Å²) in [6.07, 6.45) is 5.24. The van der Waals surface area contributed by atoms with Crippen molar-refractivity contribution in [3.05, 3.63) is 48.0 Å². The number of aromatic hydroxyl groups is 1. The van der Waals surface area contributed by atoms with E-state index in [-0.39, 0.29) is 18.6 Å². The summed E-state index contributed by atoms with van der Waals surface area (Å²) in [5.74, 6) is -2.37. The predicted octanol–water partition coefficient (Wildman–Crippen LogP) is -0.849. The van der Waals surface area contributed by atoms with Gasteiger partial charge in [0.25, 0.3) is 0 Å². The lowest BCUT2D eigenvalue weighted by Crippen LogP contribution is -2.54. The van der Waals surface area contributed by atoms with E-state index in [4.69, 9.17) is 5.73 Å². The van der Waals surface area contributed by atoms with Gasteiger partial charge in [-0.25, -0.2) is 9.78 Å². The van der Waals surface area contributed by atoms with Crippen LogP contribution in [0.2, 0.25) is 0 Å². The molecule has 2 rings (SSSR count). The highest BCUT2D eigenvalue weighted by Gasteiger charge is 2.26. The first-order valence-electron chi connectivity index (χ1n) is 10.8. The number of phenolic OH excluding ortho intramolecular Hbond substituents is 1. The summed E-state index contributed by atoms with van der Waals surface area (Å²) < 4.78 is 0. The molecule has 2 aromatic rings. The van der Waals surface area contributed by atoms with Gasteiger partial charge in [-0.2, -0.15) is 11.8 Å². The highest BCUT2D eigenvalue weighted by Crippen LogP contribution is 2.12. The van der Waals surface area contributed by atoms with Crippen LogP contribution in [0.5, 0.6) is 5.75 Å². The smallest absolute Gasteiger partial charge is 0.326 e. The molecule has 35 heavy (non-hydrogen) atoms. The van der Waals surface area contributed by atoms with Crippen LogP contribution in [0, 0.1) is 0 Å². The Morgan fingerprint density at radius 3 is 2.40 bits per heavy atom. The topological polar surface area (TPSA) is 200 Å². The standard InChI is InChI=1S/C22H30N6O6S/c1-35-7-6-16(23)20(31)28-17(8-13-2-4-15(29)5-3-13)21(32)25-11-19(30)27-18(22(33)34)9-14-10-24-12-26-14/h2-5,10,12,16-18,29H,6-9,11,23H2,1H3,(H,24,26)(H,25,32)(H,27,30)(H,28,31)(H,33,34). The lowest BCUT2D eigenvalue weighted by atomic mass is 10.0. The van der Waals surface area contributed by atoms with E-state index < -0.39 is 48.4 Å². The van der Waals surface area contributed by atoms with E-state index in [0.717, 1.165) is 0 Å². The molecule has 1 aromatic carbocycles. The minimum Gasteiger partial charge on any atom is -0.508 e. The molecule has 0 bridgehead atoms. The van der Waals surface area contributed by atoms with Gasteiger partial charge in [0.05, 0.1) is 18.9 Å². The maximum atomic E-state index is 12.8. The number of H-pyrrole nitrogens is 1. The molecule has 1 heterocycles. The van der Waals surface area contributed by atoms with Gasteiger partial charge < -0.3 is 36.9 Å². The first-order valence-corrected chi connectivity index (χ1v) is 12.2. The predicted molar refractivity (Wildman–Crippen MR) is 130 cm³/mol. The third-order valence-corrected chi connectivity index (χ3v) is 5.66. The molecule has 0 aliphatic heterocycles. The van der Waals surface area contributed by atoms with Crippen LogP contribution in [0.3, 0.4) is 0 Å². The van der Waals surface area contributed by atoms with Crippen LogP contribution in [-0.2, 0) is 32.0 Å². The molecule has 0 aliphatic carbocycles. The van der Waals surface area contributed by atoms with Gasteiger partial charge in [-0.05, 0) is 36.1 Å². The fourth-order valence-electron chi connectivity index (χ4n) is 3.08. The zero-order valence-electron chi connectivity index (χ0n) is 19.2. The van der Waals surface area contributed by atoms with Crippen molar-refractivity contribution < 1.29 is 29.4 Å². The summed E-state index contributed by atoms with van der Waals surface area (Å²) in [6, 6.07) is 3.05. The number of carbonyl (C=O) groups excluding carboxylic acids is 3. The van der Waals surface area contributed by atoms with Crippen LogP contribution in [0.25, 0.3) is 0 Å². The third kappa shape index (κ3) is 9.66. The van der Waals surface area contributed by atoms with E-state index in [9.17, 15) is 29.4 Å². The summed E-state index contributed by atoms with van der Waals surface area (Å²) in [4.78, 5) is 55.7. The highest BCUT2D eigenvalue weighted by molar-refractivity contribution is 7.98. The number of imidazole rings is 1. The second-order valence-electron chi connectivity index (χ2n) is 7.78. The number of hydrogen-bond acceptors (Lipinski definition) is 8. The lowest BCUT2D eigenvalue weighted by molar-refractivity contribution is -0.141. The summed E-state index contributed by atoms with van der Waals surface area (Å²) >= 11 is 1.54. The van der Waals surface area contributed by atoms with E-state index in [2.05, 4.69) is 25.9 Å². The van der Waals surface area contributed by atoms with Gasteiger partial charge in [-0.1, -0.05) is 12.1 Å². The van der Waals surface area contributed by atoms with Crippen LogP contribution >= 0.6 is 11.8 Å². The number of benzene rings is 1. The fraction of sp³-hybridized carbons (Fsp3) is 0.409. The van der Waals surface area contributed by atoms with E-state index in [1.807, 2.05) is 6.26 Å². The van der Waals surface area contributed by atoms with Crippen molar-refractivity contribution >= 4 is 35.5 Å². The van der Waals surface area contributed by atoms with E-state index in [1.54, 1.807) is 23.9 Å². The third-order valence-electron chi connectivity index (χ3n) is 5.01. The Morgan fingerprint density at radius 2 is 1.80 bits per heavy atom. The lowest BCUT2D eigenvalue weighted by Gasteiger charge is -2.21. The Hall–Kier alpha value is -3.58. The number of nitrogens with zero attached hydrogens (tertiary/aromatic N) is 1. The van der Waals surface area contributed by atoms with Gasteiger partial charge in [-0.3, -0.25) is 14.4 Å². The van der Waals surface area contributed by atoms with Crippen molar-refractivity contribution in [2.75, 3.05) is 18.6 Å². The molecule has 3 amide bonds. The van der Waals surface area contributed by atoms with Crippen LogP contribution in [0.1, 0.15) is 17.7 Å². The molecule has 3 atom stereocenters. The molecule has 0 fully saturated rings. The molecule has 0 radical (unpaired) electrons. The van der Waals surface area contributed by atoms with E-state index in [0.29, 0.717) is 23.4 Å². The Bertz CT molecular complexity index is 985. The zero-order chi connectivity index (χ0) is 25.8. The average Bonchev–Trinajstić information content (AvgIpc) is 3.34. The molecular formula is C22H30N6O6S. The number of amides is 3. The first-order chi connectivity index (χ1) is 16.7. The number of phenols is 1. The molecule has 3 unspecified atom stereocenters. The molecular weight excluding hydrogens is 476 g/mol. The summed E-state index contributed by atoms with van der Waals surface area (Å²) in [6.45, 7) is -0.494. The van der Waals surface area contributed by atoms with Crippen LogP contribution < -0.4 is 21.7 Å². The Labute approximate surface area is 206 Å². The number of hydrogen-bond donors (Lipinski definition) is 7. The van der Waals surface area contributed by atoms with Crippen molar-refractivity contribution in [3.63, 3.8) is 0 Å². The number of thioether (sulfide) groups is 1. The molecule has 0 saturated heterocycles. The van der Waals surface area contributed by atoms with Crippen LogP contribution in [-0.4, -0.2) is 80.6 Å². The summed E-state index contributed by atoms with van der Waals surface area (Å²) in [5, 5.41) is 26.2. The Kier molecular flexibility index (Phi) is 11.0. The van der Waals surface area contributed by atoms with E-state index >= 15 is 0 Å². The maximum Gasteiger partial charge on any atom is 0.326 e. The van der Waals surface area contributed by atoms with Gasteiger partial charge in [0.2, 0.25) is 17.7 Å². The number of rotatable bonds is 14. The van der Waals surface area contributed by atoms with Crippen molar-refractivity contribution in [3.8, 4) is 5.75 Å². The van der Waals surface area contributed by atoms with Gasteiger partial charge >= 0.3 is 5.97 Å². The average molecular weight is 507 g/mol. The fourth-order valence-corrected chi connectivity index (χ4v) is 3.57. The minimum atomic E-state index is -1.24. The van der Waals surface area contributed by atoms with E-state index in [1.165, 1.54) is 24.7 Å². The van der Waals surface area contributed by atoms with Crippen molar-refractivity contribution in [2.45, 2.75) is 37.4 Å². The SMILES string of the molecule is CSCCC(N)C(=O)NC(Cc1ccc(O)cc1)C(=O)NCC(=O)NC(Cc1cnc[nH]1)C(=O)O. The molecule has 12 nitrogen and oxygen atoms in total. The number of nitrogens with one attached hydrogen (secondary N) is 4. The number of carboxylic acids is 1. The Balaban J connectivity index is 2.00. The Morgan fingerprint density at radius 1 is 1.09 bits per heavy atom. The number of carbonyl (C=O) groups is 4. The molecule has 8 N–H and O–H groups in total. The number of aromatic nitrogens is 2. The minimum absolute atomic E-state index is 0.0114. The molecule has 0 aliphatic rings. The van der Waals surface area contributed by atoms with Gasteiger partial charge in [0, 0.05) is 24.7 Å². The number of nitrogens with two attached hydrogens (primary N) is 1. The largest absolute Gasteiger partial charge is 0.508 e. The van der Waals surface area contributed by atoms with Crippen LogP contribution in [0.4, 0.5) is 0 Å². The monoisotopic (exact) mass is 506 g/mol. The van der Waals surface area contributed by atoms with Crippen molar-refractivity contribution in [1.29, 1.82) is 0 Å². The van der Waals surface area contributed by atoms with Gasteiger partial charge in [0.15, 0.2) is 0 Å². The first kappa shape index (κ1) is 27.7. The van der Waals surface area contributed by atoms with Crippen molar-refractivity contribution in [2.24, 2.45) is 5.73 Å². The maximum absolute atomic E-state index is 12.8. The quantitative estimate of drug-likeness (QED) is 0.170. The molecule has 13 heteroatoms.